The Balaban J connectivity index is 1.61. The SMILES string of the molecule is OCc1noc(C2C3C4CCC(C4)C23)n1. The van der Waals surface area contributed by atoms with Gasteiger partial charge in [0.1, 0.15) is 6.61 Å². The summed E-state index contributed by atoms with van der Waals surface area (Å²) in [5, 5.41) is 12.6. The molecule has 0 amide bonds. The topological polar surface area (TPSA) is 59.2 Å². The molecular weight excluding hydrogens is 192 g/mol. The summed E-state index contributed by atoms with van der Waals surface area (Å²) in [6.07, 6.45) is 4.25. The van der Waals surface area contributed by atoms with Gasteiger partial charge in [0, 0.05) is 5.92 Å². The van der Waals surface area contributed by atoms with Crippen molar-refractivity contribution >= 4 is 0 Å². The van der Waals surface area contributed by atoms with Crippen molar-refractivity contribution in [1.82, 2.24) is 10.1 Å². The van der Waals surface area contributed by atoms with E-state index in [0.717, 1.165) is 29.6 Å². The van der Waals surface area contributed by atoms with Gasteiger partial charge in [-0.2, -0.15) is 4.98 Å². The summed E-state index contributed by atoms with van der Waals surface area (Å²) in [6.45, 7) is -0.113. The Kier molecular flexibility index (Phi) is 1.44. The summed E-state index contributed by atoms with van der Waals surface area (Å²) in [5.41, 5.74) is 0. The maximum absolute atomic E-state index is 8.89. The maximum atomic E-state index is 8.89. The minimum Gasteiger partial charge on any atom is -0.388 e. The van der Waals surface area contributed by atoms with Crippen LogP contribution in [-0.2, 0) is 6.61 Å². The van der Waals surface area contributed by atoms with Crippen molar-refractivity contribution in [3.05, 3.63) is 11.7 Å². The van der Waals surface area contributed by atoms with E-state index < -0.39 is 0 Å². The molecule has 2 bridgehead atoms. The number of hydrogen-bond donors (Lipinski definition) is 1. The highest BCUT2D eigenvalue weighted by atomic mass is 16.5. The molecular formula is C11H14N2O2. The fourth-order valence-corrected chi connectivity index (χ4v) is 4.12. The molecule has 3 saturated carbocycles. The third-order valence-corrected chi connectivity index (χ3v) is 4.65. The van der Waals surface area contributed by atoms with Crippen molar-refractivity contribution in [2.45, 2.75) is 31.8 Å². The first kappa shape index (κ1) is 8.28. The normalized spacial score (nSPS) is 45.8. The standard InChI is InChI=1S/C11H14N2O2/c14-4-7-12-11(15-13-7)10-8-5-1-2-6(3-5)9(8)10/h5-6,8-10,14H,1-4H2. The molecule has 3 fully saturated rings. The molecule has 4 heteroatoms. The van der Waals surface area contributed by atoms with E-state index in [1.807, 2.05) is 0 Å². The van der Waals surface area contributed by atoms with Crippen molar-refractivity contribution in [3.8, 4) is 0 Å². The van der Waals surface area contributed by atoms with Crippen LogP contribution in [0.5, 0.6) is 0 Å². The van der Waals surface area contributed by atoms with Gasteiger partial charge in [-0.15, -0.1) is 0 Å². The van der Waals surface area contributed by atoms with Crippen LogP contribution in [0.4, 0.5) is 0 Å². The van der Waals surface area contributed by atoms with Crippen LogP contribution in [0.1, 0.15) is 36.9 Å². The average Bonchev–Trinajstić information content (AvgIpc) is 2.72. The molecule has 1 N–H and O–H groups in total. The second-order valence-electron chi connectivity index (χ2n) is 5.22. The van der Waals surface area contributed by atoms with Crippen molar-refractivity contribution in [2.24, 2.45) is 23.7 Å². The van der Waals surface area contributed by atoms with Crippen LogP contribution < -0.4 is 0 Å². The summed E-state index contributed by atoms with van der Waals surface area (Å²) in [5.74, 6) is 5.26. The van der Waals surface area contributed by atoms with Crippen molar-refractivity contribution in [1.29, 1.82) is 0 Å². The van der Waals surface area contributed by atoms with E-state index in [1.54, 1.807) is 0 Å². The second-order valence-corrected chi connectivity index (χ2v) is 5.22. The smallest absolute Gasteiger partial charge is 0.230 e. The number of aliphatic hydroxyl groups excluding tert-OH is 1. The largest absolute Gasteiger partial charge is 0.388 e. The molecule has 4 unspecified atom stereocenters. The minimum absolute atomic E-state index is 0.113. The lowest BCUT2D eigenvalue weighted by atomic mass is 10.0. The van der Waals surface area contributed by atoms with E-state index in [0.29, 0.717) is 11.7 Å². The molecule has 0 spiro atoms. The molecule has 0 aliphatic heterocycles. The van der Waals surface area contributed by atoms with E-state index >= 15 is 0 Å². The molecule has 1 aromatic heterocycles. The Morgan fingerprint density at radius 2 is 2.00 bits per heavy atom. The number of rotatable bonds is 2. The van der Waals surface area contributed by atoms with Gasteiger partial charge in [0.2, 0.25) is 5.89 Å². The molecule has 0 saturated heterocycles. The van der Waals surface area contributed by atoms with Crippen LogP contribution in [0.25, 0.3) is 0 Å². The zero-order valence-corrected chi connectivity index (χ0v) is 8.47. The molecule has 0 aromatic carbocycles. The fourth-order valence-electron chi connectivity index (χ4n) is 4.12. The molecule has 3 aliphatic rings. The van der Waals surface area contributed by atoms with E-state index in [9.17, 15) is 0 Å². The van der Waals surface area contributed by atoms with Crippen LogP contribution >= 0.6 is 0 Å². The predicted molar refractivity (Wildman–Crippen MR) is 50.8 cm³/mol. The monoisotopic (exact) mass is 206 g/mol. The lowest BCUT2D eigenvalue weighted by Gasteiger charge is -2.04. The van der Waals surface area contributed by atoms with E-state index in [-0.39, 0.29) is 6.61 Å². The third-order valence-electron chi connectivity index (χ3n) is 4.65. The summed E-state index contributed by atoms with van der Waals surface area (Å²) in [4.78, 5) is 4.24. The molecule has 0 radical (unpaired) electrons. The quantitative estimate of drug-likeness (QED) is 0.792. The van der Waals surface area contributed by atoms with Crippen LogP contribution in [0.15, 0.2) is 4.52 Å². The van der Waals surface area contributed by atoms with Crippen LogP contribution in [0, 0.1) is 23.7 Å². The van der Waals surface area contributed by atoms with Gasteiger partial charge in [-0.05, 0) is 42.9 Å². The van der Waals surface area contributed by atoms with Crippen LogP contribution in [-0.4, -0.2) is 15.2 Å². The Bertz CT molecular complexity index is 387. The van der Waals surface area contributed by atoms with E-state index in [2.05, 4.69) is 10.1 Å². The van der Waals surface area contributed by atoms with Gasteiger partial charge >= 0.3 is 0 Å². The number of aliphatic hydroxyl groups is 1. The maximum Gasteiger partial charge on any atom is 0.230 e. The summed E-state index contributed by atoms with van der Waals surface area (Å²) < 4.78 is 5.22. The Hall–Kier alpha value is -0.900. The Labute approximate surface area is 87.7 Å². The van der Waals surface area contributed by atoms with E-state index in [4.69, 9.17) is 9.63 Å². The number of aromatic nitrogens is 2. The molecule has 15 heavy (non-hydrogen) atoms. The highest BCUT2D eigenvalue weighted by Crippen LogP contribution is 2.72. The molecule has 1 aromatic rings. The first-order valence-electron chi connectivity index (χ1n) is 5.82. The Morgan fingerprint density at radius 3 is 2.60 bits per heavy atom. The van der Waals surface area contributed by atoms with Crippen molar-refractivity contribution in [2.75, 3.05) is 0 Å². The molecule has 80 valence electrons. The van der Waals surface area contributed by atoms with Crippen molar-refractivity contribution < 1.29 is 9.63 Å². The summed E-state index contributed by atoms with van der Waals surface area (Å²) in [7, 11) is 0. The highest BCUT2D eigenvalue weighted by Gasteiger charge is 2.67. The zero-order valence-electron chi connectivity index (χ0n) is 8.47. The number of nitrogens with zero attached hydrogens (tertiary/aromatic N) is 2. The average molecular weight is 206 g/mol. The van der Waals surface area contributed by atoms with Crippen LogP contribution in [0.3, 0.4) is 0 Å². The molecule has 4 rings (SSSR count). The fraction of sp³-hybridized carbons (Fsp3) is 0.818. The molecule has 4 atom stereocenters. The van der Waals surface area contributed by atoms with Gasteiger partial charge in [0.05, 0.1) is 0 Å². The summed E-state index contributed by atoms with van der Waals surface area (Å²) in [6, 6.07) is 0. The highest BCUT2D eigenvalue weighted by molar-refractivity contribution is 5.22. The molecule has 3 aliphatic carbocycles. The first-order valence-corrected chi connectivity index (χ1v) is 5.82. The number of hydrogen-bond acceptors (Lipinski definition) is 4. The molecule has 4 nitrogen and oxygen atoms in total. The summed E-state index contributed by atoms with van der Waals surface area (Å²) >= 11 is 0. The van der Waals surface area contributed by atoms with Gasteiger partial charge in [-0.1, -0.05) is 5.16 Å². The van der Waals surface area contributed by atoms with Gasteiger partial charge in [-0.25, -0.2) is 0 Å². The molecule has 1 heterocycles. The van der Waals surface area contributed by atoms with Crippen molar-refractivity contribution in [3.63, 3.8) is 0 Å². The van der Waals surface area contributed by atoms with E-state index in [1.165, 1.54) is 19.3 Å². The predicted octanol–water partition coefficient (Wildman–Crippen LogP) is 1.32. The lowest BCUT2D eigenvalue weighted by Crippen LogP contribution is -1.97. The lowest BCUT2D eigenvalue weighted by molar-refractivity contribution is 0.262. The van der Waals surface area contributed by atoms with Gasteiger partial charge in [-0.3, -0.25) is 0 Å². The van der Waals surface area contributed by atoms with Gasteiger partial charge in [0.25, 0.3) is 0 Å². The second kappa shape index (κ2) is 2.61. The van der Waals surface area contributed by atoms with Gasteiger partial charge in [0.15, 0.2) is 5.82 Å². The Morgan fingerprint density at radius 1 is 1.27 bits per heavy atom. The zero-order chi connectivity index (χ0) is 9.99. The third kappa shape index (κ3) is 0.956. The first-order chi connectivity index (χ1) is 7.38. The minimum atomic E-state index is -0.113. The van der Waals surface area contributed by atoms with Crippen LogP contribution in [0.2, 0.25) is 0 Å². The van der Waals surface area contributed by atoms with Gasteiger partial charge < -0.3 is 9.63 Å². The number of fused-ring (bicyclic) bond motifs is 5.